The Balaban J connectivity index is 2.03. The molecule has 2 aromatic carbocycles. The van der Waals surface area contributed by atoms with Gasteiger partial charge in [-0.05, 0) is 42.9 Å². The van der Waals surface area contributed by atoms with Crippen molar-refractivity contribution in [2.45, 2.75) is 32.2 Å². The smallest absolute Gasteiger partial charge is 0.175 e. The number of allylic oxidation sites excluding steroid dienone is 1. The molecule has 166 valence electrons. The Morgan fingerprint density at radius 2 is 2.03 bits per heavy atom. The summed E-state index contributed by atoms with van der Waals surface area (Å²) in [6.45, 7) is 6.19. The highest BCUT2D eigenvalue weighted by atomic mass is 19.1. The topological polar surface area (TPSA) is 75.7 Å². The van der Waals surface area contributed by atoms with Gasteiger partial charge in [0.1, 0.15) is 17.2 Å². The number of fused-ring (bicyclic) bond motifs is 1. The summed E-state index contributed by atoms with van der Waals surface area (Å²) < 4.78 is 15.8. The SMILES string of the molecule is C=NC(CC)=Nc1c(CCC=CC(N)CNC)cnc(-c2cccc3ccccc23)c1F. The van der Waals surface area contributed by atoms with E-state index in [1.807, 2.05) is 68.6 Å². The van der Waals surface area contributed by atoms with Crippen LogP contribution in [0.3, 0.4) is 0 Å². The Labute approximate surface area is 189 Å². The normalized spacial score (nSPS) is 13.1. The Hall–Kier alpha value is -3.22. The highest BCUT2D eigenvalue weighted by Crippen LogP contribution is 2.35. The van der Waals surface area contributed by atoms with E-state index in [1.54, 1.807) is 6.20 Å². The summed E-state index contributed by atoms with van der Waals surface area (Å²) in [4.78, 5) is 13.0. The van der Waals surface area contributed by atoms with Crippen LogP contribution in [-0.2, 0) is 6.42 Å². The first-order valence-corrected chi connectivity index (χ1v) is 10.9. The Morgan fingerprint density at radius 3 is 2.78 bits per heavy atom. The number of amidine groups is 1. The number of pyridine rings is 1. The van der Waals surface area contributed by atoms with Crippen LogP contribution in [0.15, 0.2) is 70.8 Å². The molecule has 1 heterocycles. The first kappa shape index (κ1) is 23.4. The maximum absolute atomic E-state index is 15.8. The quantitative estimate of drug-likeness (QED) is 0.277. The monoisotopic (exact) mass is 431 g/mol. The molecule has 3 aromatic rings. The molecular formula is C26H30FN5. The van der Waals surface area contributed by atoms with E-state index < -0.39 is 5.82 Å². The number of nitrogens with zero attached hydrogens (tertiary/aromatic N) is 3. The van der Waals surface area contributed by atoms with Crippen LogP contribution in [0.5, 0.6) is 0 Å². The fraction of sp³-hybridized carbons (Fsp3) is 0.269. The summed E-state index contributed by atoms with van der Waals surface area (Å²) >= 11 is 0. The molecule has 3 N–H and O–H groups in total. The van der Waals surface area contributed by atoms with Gasteiger partial charge in [0.2, 0.25) is 0 Å². The van der Waals surface area contributed by atoms with Crippen LogP contribution < -0.4 is 11.1 Å². The fourth-order valence-corrected chi connectivity index (χ4v) is 3.61. The average Bonchev–Trinajstić information content (AvgIpc) is 2.81. The van der Waals surface area contributed by atoms with Crippen molar-refractivity contribution in [3.63, 3.8) is 0 Å². The number of aliphatic imine (C=N–C) groups is 2. The maximum Gasteiger partial charge on any atom is 0.175 e. The molecule has 0 aliphatic heterocycles. The molecule has 1 aromatic heterocycles. The maximum atomic E-state index is 15.8. The Morgan fingerprint density at radius 1 is 1.25 bits per heavy atom. The van der Waals surface area contributed by atoms with E-state index in [0.29, 0.717) is 31.6 Å². The second-order valence-corrected chi connectivity index (χ2v) is 7.55. The summed E-state index contributed by atoms with van der Waals surface area (Å²) in [6.07, 6.45) is 7.55. The van der Waals surface area contributed by atoms with Crippen molar-refractivity contribution < 1.29 is 4.39 Å². The molecule has 32 heavy (non-hydrogen) atoms. The van der Waals surface area contributed by atoms with Gasteiger partial charge < -0.3 is 11.1 Å². The third-order valence-corrected chi connectivity index (χ3v) is 5.26. The van der Waals surface area contributed by atoms with Gasteiger partial charge in [-0.2, -0.15) is 0 Å². The van der Waals surface area contributed by atoms with Crippen LogP contribution in [-0.4, -0.2) is 37.2 Å². The number of aryl methyl sites for hydroxylation is 1. The third-order valence-electron chi connectivity index (χ3n) is 5.26. The minimum atomic E-state index is -0.440. The van der Waals surface area contributed by atoms with E-state index in [2.05, 4.69) is 27.0 Å². The van der Waals surface area contributed by atoms with Crippen LogP contribution in [0, 0.1) is 5.82 Å². The molecule has 0 radical (unpaired) electrons. The molecule has 0 saturated carbocycles. The molecule has 0 saturated heterocycles. The second kappa shape index (κ2) is 11.4. The summed E-state index contributed by atoms with van der Waals surface area (Å²) in [5.41, 5.74) is 8.02. The Bertz CT molecular complexity index is 1130. The van der Waals surface area contributed by atoms with Crippen molar-refractivity contribution in [3.05, 3.63) is 72.2 Å². The van der Waals surface area contributed by atoms with Gasteiger partial charge in [-0.3, -0.25) is 4.98 Å². The number of hydrogen-bond acceptors (Lipinski definition) is 4. The lowest BCUT2D eigenvalue weighted by molar-refractivity contribution is 0.625. The number of rotatable bonds is 9. The van der Waals surface area contributed by atoms with Crippen molar-refractivity contribution in [1.82, 2.24) is 10.3 Å². The van der Waals surface area contributed by atoms with Gasteiger partial charge in [0, 0.05) is 30.8 Å². The molecule has 0 spiro atoms. The van der Waals surface area contributed by atoms with Gasteiger partial charge in [-0.15, -0.1) is 0 Å². The third kappa shape index (κ3) is 5.52. The van der Waals surface area contributed by atoms with Gasteiger partial charge >= 0.3 is 0 Å². The number of benzene rings is 2. The fourth-order valence-electron chi connectivity index (χ4n) is 3.61. The van der Waals surface area contributed by atoms with E-state index in [1.165, 1.54) is 0 Å². The molecule has 0 bridgehead atoms. The minimum absolute atomic E-state index is 0.0576. The number of aromatic nitrogens is 1. The standard InChI is InChI=1S/C26H30FN5/c1-4-23(30-3)32-25-19(11-5-7-13-20(28)17-29-2)16-31-26(24(25)27)22-15-9-12-18-10-6-8-14-21(18)22/h6-10,12-16,20,29H,3-5,11,17,28H2,1-2H3. The number of nitrogens with two attached hydrogens (primary N) is 1. The molecule has 3 rings (SSSR count). The van der Waals surface area contributed by atoms with Crippen molar-refractivity contribution >= 4 is 29.0 Å². The van der Waals surface area contributed by atoms with Crippen LogP contribution in [0.2, 0.25) is 0 Å². The summed E-state index contributed by atoms with van der Waals surface area (Å²) in [7, 11) is 1.86. The largest absolute Gasteiger partial charge is 0.323 e. The lowest BCUT2D eigenvalue weighted by Gasteiger charge is -2.12. The van der Waals surface area contributed by atoms with E-state index in [9.17, 15) is 0 Å². The number of hydrogen-bond donors (Lipinski definition) is 2. The molecule has 0 fully saturated rings. The lowest BCUT2D eigenvalue weighted by Crippen LogP contribution is -2.29. The predicted octanol–water partition coefficient (Wildman–Crippen LogP) is 5.22. The van der Waals surface area contributed by atoms with Crippen LogP contribution in [0.4, 0.5) is 10.1 Å². The van der Waals surface area contributed by atoms with Crippen molar-refractivity contribution in [2.24, 2.45) is 15.7 Å². The number of nitrogens with one attached hydrogen (secondary N) is 1. The molecule has 0 amide bonds. The second-order valence-electron chi connectivity index (χ2n) is 7.55. The van der Waals surface area contributed by atoms with Crippen molar-refractivity contribution in [1.29, 1.82) is 0 Å². The summed E-state index contributed by atoms with van der Waals surface area (Å²) in [5.74, 6) is 0.0520. The zero-order valence-electron chi connectivity index (χ0n) is 18.7. The minimum Gasteiger partial charge on any atom is -0.323 e. The number of halogens is 1. The zero-order valence-corrected chi connectivity index (χ0v) is 18.7. The molecule has 6 heteroatoms. The van der Waals surface area contributed by atoms with Crippen LogP contribution in [0.25, 0.3) is 22.0 Å². The highest BCUT2D eigenvalue weighted by Gasteiger charge is 2.18. The van der Waals surface area contributed by atoms with Crippen LogP contribution in [0.1, 0.15) is 25.3 Å². The molecule has 0 aliphatic carbocycles. The first-order chi connectivity index (χ1) is 15.6. The van der Waals surface area contributed by atoms with E-state index >= 15 is 4.39 Å². The lowest BCUT2D eigenvalue weighted by atomic mass is 9.99. The van der Waals surface area contributed by atoms with Crippen LogP contribution >= 0.6 is 0 Å². The molecule has 1 atom stereocenters. The van der Waals surface area contributed by atoms with E-state index in [0.717, 1.165) is 21.9 Å². The summed E-state index contributed by atoms with van der Waals surface area (Å²) in [6, 6.07) is 13.6. The van der Waals surface area contributed by atoms with Gasteiger partial charge in [0.25, 0.3) is 0 Å². The number of likely N-dealkylation sites (N-methyl/N-ethyl adjacent to an activating group) is 1. The first-order valence-electron chi connectivity index (χ1n) is 10.9. The van der Waals surface area contributed by atoms with Gasteiger partial charge in [0.15, 0.2) is 5.82 Å². The summed E-state index contributed by atoms with van der Waals surface area (Å²) in [5, 5.41) is 5.02. The average molecular weight is 432 g/mol. The van der Waals surface area contributed by atoms with Crippen molar-refractivity contribution in [3.8, 4) is 11.3 Å². The van der Waals surface area contributed by atoms with E-state index in [4.69, 9.17) is 5.73 Å². The highest BCUT2D eigenvalue weighted by molar-refractivity contribution is 5.96. The van der Waals surface area contributed by atoms with Gasteiger partial charge in [-0.25, -0.2) is 14.4 Å². The molecule has 0 aliphatic rings. The zero-order chi connectivity index (χ0) is 22.9. The molecule has 5 nitrogen and oxygen atoms in total. The molecule has 1 unspecified atom stereocenters. The van der Waals surface area contributed by atoms with E-state index in [-0.39, 0.29) is 17.4 Å². The predicted molar refractivity (Wildman–Crippen MR) is 133 cm³/mol. The van der Waals surface area contributed by atoms with Crippen molar-refractivity contribution in [2.75, 3.05) is 13.6 Å². The van der Waals surface area contributed by atoms with Gasteiger partial charge in [0.05, 0.1) is 0 Å². The molecular weight excluding hydrogens is 401 g/mol. The van der Waals surface area contributed by atoms with Gasteiger partial charge in [-0.1, -0.05) is 61.5 Å². The Kier molecular flexibility index (Phi) is 8.36.